The van der Waals surface area contributed by atoms with Crippen LogP contribution in [0.5, 0.6) is 0 Å². The number of carbonyl (C=O) groups excluding carboxylic acids is 1. The standard InChI is InChI=1S/C14H14ClN2O/c1-2-13-12(8-9-18)14(15)17(16-13)10-11-6-4-3-5-7-11/h3-7,9H,1-2,8,10H2. The van der Waals surface area contributed by atoms with Crippen LogP contribution in [0.2, 0.25) is 5.15 Å². The fourth-order valence-corrected chi connectivity index (χ4v) is 2.16. The predicted molar refractivity (Wildman–Crippen MR) is 71.6 cm³/mol. The first-order valence-electron chi connectivity index (χ1n) is 5.77. The van der Waals surface area contributed by atoms with Gasteiger partial charge in [0, 0.05) is 12.0 Å². The number of carbonyl (C=O) groups is 1. The highest BCUT2D eigenvalue weighted by Crippen LogP contribution is 2.21. The normalized spacial score (nSPS) is 10.6. The molecular weight excluding hydrogens is 248 g/mol. The second kappa shape index (κ2) is 5.83. The number of halogens is 1. The summed E-state index contributed by atoms with van der Waals surface area (Å²) in [6.07, 6.45) is 1.66. The van der Waals surface area contributed by atoms with Crippen molar-refractivity contribution in [1.29, 1.82) is 0 Å². The number of hydrogen-bond acceptors (Lipinski definition) is 2. The molecule has 93 valence electrons. The SMILES string of the molecule is [CH2]Cc1nn(Cc2ccccc2)c(Cl)c1CC=O. The van der Waals surface area contributed by atoms with Gasteiger partial charge < -0.3 is 4.79 Å². The lowest BCUT2D eigenvalue weighted by molar-refractivity contribution is -0.107. The van der Waals surface area contributed by atoms with E-state index < -0.39 is 0 Å². The van der Waals surface area contributed by atoms with Gasteiger partial charge in [-0.1, -0.05) is 41.9 Å². The highest BCUT2D eigenvalue weighted by molar-refractivity contribution is 6.30. The minimum Gasteiger partial charge on any atom is -0.303 e. The number of aromatic nitrogens is 2. The molecule has 0 unspecified atom stereocenters. The summed E-state index contributed by atoms with van der Waals surface area (Å²) >= 11 is 6.25. The molecule has 0 aliphatic rings. The van der Waals surface area contributed by atoms with Gasteiger partial charge in [0.25, 0.3) is 0 Å². The van der Waals surface area contributed by atoms with E-state index in [9.17, 15) is 4.79 Å². The summed E-state index contributed by atoms with van der Waals surface area (Å²) in [6, 6.07) is 9.94. The summed E-state index contributed by atoms with van der Waals surface area (Å²) in [5.41, 5.74) is 2.70. The molecule has 18 heavy (non-hydrogen) atoms. The Balaban J connectivity index is 2.31. The summed E-state index contributed by atoms with van der Waals surface area (Å²) in [5.74, 6) is 0. The third-order valence-corrected chi connectivity index (χ3v) is 3.19. The van der Waals surface area contributed by atoms with Crippen LogP contribution in [0.3, 0.4) is 0 Å². The van der Waals surface area contributed by atoms with Crippen molar-refractivity contribution in [3.8, 4) is 0 Å². The first-order valence-corrected chi connectivity index (χ1v) is 6.15. The Morgan fingerprint density at radius 2 is 2.06 bits per heavy atom. The summed E-state index contributed by atoms with van der Waals surface area (Å²) in [5, 5.41) is 4.94. The molecule has 0 aliphatic carbocycles. The van der Waals surface area contributed by atoms with Gasteiger partial charge in [-0.05, 0) is 18.9 Å². The van der Waals surface area contributed by atoms with Gasteiger partial charge in [0.15, 0.2) is 0 Å². The van der Waals surface area contributed by atoms with E-state index >= 15 is 0 Å². The zero-order chi connectivity index (χ0) is 13.0. The second-order valence-corrected chi connectivity index (χ2v) is 4.34. The van der Waals surface area contributed by atoms with Crippen molar-refractivity contribution in [1.82, 2.24) is 9.78 Å². The lowest BCUT2D eigenvalue weighted by atomic mass is 10.1. The van der Waals surface area contributed by atoms with Crippen molar-refractivity contribution in [3.63, 3.8) is 0 Å². The largest absolute Gasteiger partial charge is 0.303 e. The Kier molecular flexibility index (Phi) is 4.15. The molecule has 4 heteroatoms. The van der Waals surface area contributed by atoms with Gasteiger partial charge in [0.05, 0.1) is 12.2 Å². The number of benzene rings is 1. The molecule has 0 spiro atoms. The van der Waals surface area contributed by atoms with Gasteiger partial charge in [0.1, 0.15) is 11.4 Å². The maximum Gasteiger partial charge on any atom is 0.131 e. The Morgan fingerprint density at radius 1 is 1.33 bits per heavy atom. The van der Waals surface area contributed by atoms with Crippen molar-refractivity contribution in [2.45, 2.75) is 19.4 Å². The lowest BCUT2D eigenvalue weighted by Crippen LogP contribution is -2.02. The zero-order valence-corrected chi connectivity index (χ0v) is 10.7. The van der Waals surface area contributed by atoms with Gasteiger partial charge >= 0.3 is 0 Å². The Hall–Kier alpha value is -1.61. The van der Waals surface area contributed by atoms with Crippen LogP contribution in [0.4, 0.5) is 0 Å². The molecule has 1 aromatic carbocycles. The van der Waals surface area contributed by atoms with Crippen molar-refractivity contribution in [2.24, 2.45) is 0 Å². The van der Waals surface area contributed by atoms with E-state index in [0.29, 0.717) is 24.5 Å². The fourth-order valence-electron chi connectivity index (χ4n) is 1.87. The summed E-state index contributed by atoms with van der Waals surface area (Å²) < 4.78 is 1.72. The molecule has 1 radical (unpaired) electrons. The van der Waals surface area contributed by atoms with Gasteiger partial charge in [-0.2, -0.15) is 5.10 Å². The van der Waals surface area contributed by atoms with Crippen LogP contribution >= 0.6 is 11.6 Å². The van der Waals surface area contributed by atoms with Crippen LogP contribution in [0.1, 0.15) is 16.8 Å². The molecule has 0 fully saturated rings. The summed E-state index contributed by atoms with van der Waals surface area (Å²) in [6.45, 7) is 4.41. The molecule has 1 aromatic heterocycles. The molecule has 0 saturated carbocycles. The Bertz CT molecular complexity index is 534. The van der Waals surface area contributed by atoms with Crippen LogP contribution < -0.4 is 0 Å². The molecule has 0 atom stereocenters. The lowest BCUT2D eigenvalue weighted by Gasteiger charge is -2.03. The highest BCUT2D eigenvalue weighted by atomic mass is 35.5. The molecule has 0 saturated heterocycles. The van der Waals surface area contributed by atoms with Crippen LogP contribution in [0, 0.1) is 6.92 Å². The van der Waals surface area contributed by atoms with Crippen LogP contribution in [0.25, 0.3) is 0 Å². The maximum atomic E-state index is 10.6. The van der Waals surface area contributed by atoms with E-state index in [-0.39, 0.29) is 0 Å². The van der Waals surface area contributed by atoms with Crippen LogP contribution in [-0.2, 0) is 24.2 Å². The summed E-state index contributed by atoms with van der Waals surface area (Å²) in [4.78, 5) is 10.6. The van der Waals surface area contributed by atoms with Crippen LogP contribution in [-0.4, -0.2) is 16.1 Å². The fraction of sp³-hybridized carbons (Fsp3) is 0.214. The number of nitrogens with zero attached hydrogens (tertiary/aromatic N) is 2. The zero-order valence-electron chi connectivity index (χ0n) is 9.97. The molecule has 2 rings (SSSR count). The van der Waals surface area contributed by atoms with Crippen molar-refractivity contribution in [3.05, 3.63) is 59.2 Å². The van der Waals surface area contributed by atoms with E-state index in [4.69, 9.17) is 11.6 Å². The Labute approximate surface area is 111 Å². The summed E-state index contributed by atoms with van der Waals surface area (Å²) in [7, 11) is 0. The molecular formula is C14H14ClN2O. The van der Waals surface area contributed by atoms with E-state index in [1.165, 1.54) is 0 Å². The maximum absolute atomic E-state index is 10.6. The number of aldehydes is 1. The number of hydrogen-bond donors (Lipinski definition) is 0. The van der Waals surface area contributed by atoms with E-state index in [0.717, 1.165) is 23.1 Å². The molecule has 0 aliphatic heterocycles. The second-order valence-electron chi connectivity index (χ2n) is 3.98. The van der Waals surface area contributed by atoms with E-state index in [1.807, 2.05) is 30.3 Å². The minimum absolute atomic E-state index is 0.290. The third-order valence-electron chi connectivity index (χ3n) is 2.76. The average Bonchev–Trinajstić information content (AvgIpc) is 2.69. The number of rotatable bonds is 5. The topological polar surface area (TPSA) is 34.9 Å². The Morgan fingerprint density at radius 3 is 2.67 bits per heavy atom. The molecule has 3 nitrogen and oxygen atoms in total. The molecule has 2 aromatic rings. The van der Waals surface area contributed by atoms with Crippen molar-refractivity contribution >= 4 is 17.9 Å². The van der Waals surface area contributed by atoms with Crippen molar-refractivity contribution < 1.29 is 4.79 Å². The van der Waals surface area contributed by atoms with E-state index in [2.05, 4.69) is 12.0 Å². The van der Waals surface area contributed by atoms with Crippen LogP contribution in [0.15, 0.2) is 30.3 Å². The van der Waals surface area contributed by atoms with Gasteiger partial charge in [-0.3, -0.25) is 0 Å². The first-order chi connectivity index (χ1) is 8.76. The predicted octanol–water partition coefficient (Wildman–Crippen LogP) is 2.70. The molecule has 0 amide bonds. The average molecular weight is 262 g/mol. The van der Waals surface area contributed by atoms with Gasteiger partial charge in [-0.25, -0.2) is 4.68 Å². The monoisotopic (exact) mass is 261 g/mol. The minimum atomic E-state index is 0.290. The van der Waals surface area contributed by atoms with Gasteiger partial charge in [0.2, 0.25) is 0 Å². The third kappa shape index (κ3) is 2.62. The molecule has 0 bridgehead atoms. The quantitative estimate of drug-likeness (QED) is 0.776. The molecule has 1 heterocycles. The highest BCUT2D eigenvalue weighted by Gasteiger charge is 2.14. The van der Waals surface area contributed by atoms with Crippen molar-refractivity contribution in [2.75, 3.05) is 0 Å². The first kappa shape index (κ1) is 12.8. The molecule has 0 N–H and O–H groups in total. The smallest absolute Gasteiger partial charge is 0.131 e. The van der Waals surface area contributed by atoms with Gasteiger partial charge in [-0.15, -0.1) is 0 Å². The van der Waals surface area contributed by atoms with E-state index in [1.54, 1.807) is 4.68 Å².